The predicted molar refractivity (Wildman–Crippen MR) is 104 cm³/mol. The monoisotopic (exact) mass is 389 g/mol. The van der Waals surface area contributed by atoms with Crippen LogP contribution in [0.3, 0.4) is 0 Å². The summed E-state index contributed by atoms with van der Waals surface area (Å²) in [5.74, 6) is -0.816. The molecule has 2 rings (SSSR count). The number of amides is 1. The lowest BCUT2D eigenvalue weighted by Crippen LogP contribution is -2.48. The Balaban J connectivity index is 2.02. The second-order valence-electron chi connectivity index (χ2n) is 5.83. The summed E-state index contributed by atoms with van der Waals surface area (Å²) < 4.78 is 9.77. The molecule has 0 heterocycles. The smallest absolute Gasteiger partial charge is 0.407 e. The third kappa shape index (κ3) is 6.62. The van der Waals surface area contributed by atoms with Gasteiger partial charge in [0.05, 0.1) is 13.2 Å². The van der Waals surface area contributed by atoms with Crippen molar-refractivity contribution in [3.63, 3.8) is 0 Å². The Morgan fingerprint density at radius 2 is 1.74 bits per heavy atom. The zero-order valence-corrected chi connectivity index (χ0v) is 16.1. The van der Waals surface area contributed by atoms with Gasteiger partial charge in [0.25, 0.3) is 0 Å². The summed E-state index contributed by atoms with van der Waals surface area (Å²) in [6, 6.07) is 16.0. The van der Waals surface area contributed by atoms with Crippen molar-refractivity contribution in [2.45, 2.75) is 30.1 Å². The van der Waals surface area contributed by atoms with Gasteiger partial charge in [0, 0.05) is 4.90 Å². The highest BCUT2D eigenvalue weighted by Crippen LogP contribution is 2.16. The third-order valence-electron chi connectivity index (χ3n) is 3.95. The number of aliphatic hydroxyl groups is 1. The molecule has 2 aromatic carbocycles. The zero-order valence-electron chi connectivity index (χ0n) is 15.3. The van der Waals surface area contributed by atoms with Crippen LogP contribution in [0.4, 0.5) is 4.79 Å². The molecule has 1 amide bonds. The molecule has 0 bridgehead atoms. The molecule has 27 heavy (non-hydrogen) atoms. The minimum atomic E-state index is -1.50. The molecule has 2 aromatic rings. The minimum absolute atomic E-state index is 0.0934. The number of carbonyl (C=O) groups is 2. The van der Waals surface area contributed by atoms with E-state index in [1.165, 1.54) is 7.11 Å². The van der Waals surface area contributed by atoms with Crippen LogP contribution in [-0.4, -0.2) is 42.7 Å². The molecule has 0 unspecified atom stereocenters. The largest absolute Gasteiger partial charge is 0.467 e. The lowest BCUT2D eigenvalue weighted by molar-refractivity contribution is -0.151. The number of aliphatic hydroxyl groups excluding tert-OH is 1. The van der Waals surface area contributed by atoms with Gasteiger partial charge in [-0.05, 0) is 35.9 Å². The second kappa shape index (κ2) is 10.6. The normalized spacial score (nSPS) is 12.7. The van der Waals surface area contributed by atoms with Gasteiger partial charge in [-0.1, -0.05) is 42.5 Å². The molecule has 0 aromatic heterocycles. The predicted octanol–water partition coefficient (Wildman–Crippen LogP) is 2.78. The number of benzene rings is 2. The van der Waals surface area contributed by atoms with E-state index in [4.69, 9.17) is 4.74 Å². The summed E-state index contributed by atoms with van der Waals surface area (Å²) in [6.07, 6.45) is 0.0149. The van der Waals surface area contributed by atoms with Crippen LogP contribution in [0.5, 0.6) is 0 Å². The van der Waals surface area contributed by atoms with Crippen molar-refractivity contribution in [2.75, 3.05) is 13.4 Å². The highest BCUT2D eigenvalue weighted by Gasteiger charge is 2.29. The third-order valence-corrected chi connectivity index (χ3v) is 4.70. The summed E-state index contributed by atoms with van der Waals surface area (Å²) in [4.78, 5) is 25.0. The van der Waals surface area contributed by atoms with Gasteiger partial charge in [0.2, 0.25) is 0 Å². The number of hydrogen-bond donors (Lipinski definition) is 2. The average molecular weight is 389 g/mol. The molecule has 2 atom stereocenters. The van der Waals surface area contributed by atoms with Crippen LogP contribution in [-0.2, 0) is 27.3 Å². The Morgan fingerprint density at radius 1 is 1.07 bits per heavy atom. The van der Waals surface area contributed by atoms with Gasteiger partial charge in [0.15, 0.2) is 6.10 Å². The summed E-state index contributed by atoms with van der Waals surface area (Å²) in [5, 5.41) is 12.8. The highest BCUT2D eigenvalue weighted by molar-refractivity contribution is 7.98. The molecule has 6 nitrogen and oxygen atoms in total. The van der Waals surface area contributed by atoms with Crippen molar-refractivity contribution >= 4 is 23.8 Å². The molecule has 0 aliphatic rings. The lowest BCUT2D eigenvalue weighted by Gasteiger charge is -2.22. The van der Waals surface area contributed by atoms with Gasteiger partial charge in [-0.2, -0.15) is 0 Å². The Labute approximate surface area is 162 Å². The maximum atomic E-state index is 12.1. The summed E-state index contributed by atoms with van der Waals surface area (Å²) in [5.41, 5.74) is 1.70. The van der Waals surface area contributed by atoms with Gasteiger partial charge < -0.3 is 19.9 Å². The first-order chi connectivity index (χ1) is 13.0. The second-order valence-corrected chi connectivity index (χ2v) is 6.71. The maximum Gasteiger partial charge on any atom is 0.407 e. The first-order valence-electron chi connectivity index (χ1n) is 8.39. The van der Waals surface area contributed by atoms with E-state index in [9.17, 15) is 14.7 Å². The zero-order chi connectivity index (χ0) is 19.6. The molecular weight excluding hydrogens is 366 g/mol. The topological polar surface area (TPSA) is 84.9 Å². The number of hydrogen-bond acceptors (Lipinski definition) is 6. The van der Waals surface area contributed by atoms with Crippen LogP contribution in [0.1, 0.15) is 11.1 Å². The Morgan fingerprint density at radius 3 is 2.33 bits per heavy atom. The van der Waals surface area contributed by atoms with Crippen LogP contribution in [0.25, 0.3) is 0 Å². The fourth-order valence-electron chi connectivity index (χ4n) is 2.46. The number of alkyl carbamates (subject to hydrolysis) is 1. The number of nitrogens with one attached hydrogen (secondary N) is 1. The Kier molecular flexibility index (Phi) is 8.16. The summed E-state index contributed by atoms with van der Waals surface area (Å²) in [7, 11) is 1.18. The molecule has 0 aliphatic carbocycles. The van der Waals surface area contributed by atoms with Crippen LogP contribution >= 0.6 is 11.8 Å². The molecule has 0 fully saturated rings. The molecule has 144 valence electrons. The Hall–Kier alpha value is -2.51. The van der Waals surface area contributed by atoms with E-state index in [0.29, 0.717) is 0 Å². The van der Waals surface area contributed by atoms with E-state index in [2.05, 4.69) is 10.1 Å². The van der Waals surface area contributed by atoms with Gasteiger partial charge in [-0.15, -0.1) is 11.8 Å². The summed E-state index contributed by atoms with van der Waals surface area (Å²) >= 11 is 1.61. The highest BCUT2D eigenvalue weighted by atomic mass is 32.2. The van der Waals surface area contributed by atoms with Crippen molar-refractivity contribution in [1.82, 2.24) is 5.32 Å². The molecule has 7 heteroatoms. The number of carbonyl (C=O) groups excluding carboxylic acids is 2. The maximum absolute atomic E-state index is 12.1. The molecular formula is C20H23NO5S. The number of thioether (sulfide) groups is 1. The standard InChI is InChI=1S/C20H23NO5S/c1-25-19(23)18(22)17(12-14-8-10-16(27-2)11-9-14)21-20(24)26-13-15-6-4-3-5-7-15/h3-11,17-18,22H,12-13H2,1-2H3,(H,21,24)/t17-,18+/m1/s1. The van der Waals surface area contributed by atoms with Crippen molar-refractivity contribution in [3.05, 3.63) is 65.7 Å². The van der Waals surface area contributed by atoms with E-state index < -0.39 is 24.2 Å². The van der Waals surface area contributed by atoms with Crippen LogP contribution < -0.4 is 5.32 Å². The fourth-order valence-corrected chi connectivity index (χ4v) is 2.87. The Bertz CT molecular complexity index is 736. The van der Waals surface area contributed by atoms with Crippen molar-refractivity contribution in [3.8, 4) is 0 Å². The van der Waals surface area contributed by atoms with Crippen molar-refractivity contribution in [1.29, 1.82) is 0 Å². The molecule has 0 saturated carbocycles. The molecule has 0 saturated heterocycles. The minimum Gasteiger partial charge on any atom is -0.467 e. The van der Waals surface area contributed by atoms with Crippen molar-refractivity contribution < 1.29 is 24.2 Å². The van der Waals surface area contributed by atoms with E-state index in [0.717, 1.165) is 16.0 Å². The number of rotatable bonds is 8. The first kappa shape index (κ1) is 20.8. The van der Waals surface area contributed by atoms with E-state index >= 15 is 0 Å². The van der Waals surface area contributed by atoms with Crippen molar-refractivity contribution in [2.24, 2.45) is 0 Å². The quantitative estimate of drug-likeness (QED) is 0.533. The van der Waals surface area contributed by atoms with Gasteiger partial charge in [0.1, 0.15) is 6.61 Å². The molecule has 0 aliphatic heterocycles. The van der Waals surface area contributed by atoms with E-state index in [-0.39, 0.29) is 13.0 Å². The molecule has 0 radical (unpaired) electrons. The molecule has 0 spiro atoms. The fraction of sp³-hybridized carbons (Fsp3) is 0.300. The average Bonchev–Trinajstić information content (AvgIpc) is 2.72. The van der Waals surface area contributed by atoms with Crippen LogP contribution in [0.2, 0.25) is 0 Å². The van der Waals surface area contributed by atoms with Crippen LogP contribution in [0, 0.1) is 0 Å². The molecule has 2 N–H and O–H groups in total. The number of ether oxygens (including phenoxy) is 2. The number of methoxy groups -OCH3 is 1. The SMILES string of the molecule is COC(=O)[C@@H](O)[C@@H](Cc1ccc(SC)cc1)NC(=O)OCc1ccccc1. The number of esters is 1. The van der Waals surface area contributed by atoms with E-state index in [1.807, 2.05) is 60.9 Å². The lowest BCUT2D eigenvalue weighted by atomic mass is 10.0. The first-order valence-corrected chi connectivity index (χ1v) is 9.62. The summed E-state index contributed by atoms with van der Waals surface area (Å²) in [6.45, 7) is 0.0934. The van der Waals surface area contributed by atoms with Gasteiger partial charge >= 0.3 is 12.1 Å². The van der Waals surface area contributed by atoms with Gasteiger partial charge in [-0.3, -0.25) is 0 Å². The van der Waals surface area contributed by atoms with E-state index in [1.54, 1.807) is 11.8 Å². The van der Waals surface area contributed by atoms with Gasteiger partial charge in [-0.25, -0.2) is 9.59 Å². The van der Waals surface area contributed by atoms with Crippen LogP contribution in [0.15, 0.2) is 59.5 Å².